The summed E-state index contributed by atoms with van der Waals surface area (Å²) in [5, 5.41) is 12.2. The number of nitrogens with one attached hydrogen (secondary N) is 3. The van der Waals surface area contributed by atoms with Crippen molar-refractivity contribution in [2.24, 2.45) is 11.8 Å². The average Bonchev–Trinajstić information content (AvgIpc) is 2.66. The summed E-state index contributed by atoms with van der Waals surface area (Å²) >= 11 is 5.94. The molecule has 0 bridgehead atoms. The van der Waals surface area contributed by atoms with E-state index in [9.17, 15) is 24.3 Å². The molecule has 4 N–H and O–H groups in total. The van der Waals surface area contributed by atoms with Crippen molar-refractivity contribution in [1.29, 1.82) is 0 Å². The Kier molecular flexibility index (Phi) is 7.60. The van der Waals surface area contributed by atoms with Gasteiger partial charge in [0.2, 0.25) is 17.7 Å². The van der Waals surface area contributed by atoms with Crippen LogP contribution < -0.4 is 16.2 Å². The molecule has 1 aromatic rings. The highest BCUT2D eigenvalue weighted by Gasteiger charge is 2.35. The molecule has 1 unspecified atom stereocenters. The highest BCUT2D eigenvalue weighted by molar-refractivity contribution is 6.33. The maximum atomic E-state index is 12.2. The largest absolute Gasteiger partial charge is 0.481 e. The molecule has 8 nitrogen and oxygen atoms in total. The second-order valence-electron chi connectivity index (χ2n) is 6.40. The summed E-state index contributed by atoms with van der Waals surface area (Å²) < 4.78 is 0. The maximum Gasteiger partial charge on any atom is 0.307 e. The number of rotatable bonds is 6. The molecule has 3 amide bonds. The molecule has 146 valence electrons. The van der Waals surface area contributed by atoms with E-state index in [1.54, 1.807) is 24.3 Å². The number of aliphatic carboxylic acids is 1. The lowest BCUT2D eigenvalue weighted by Gasteiger charge is -2.27. The van der Waals surface area contributed by atoms with Gasteiger partial charge in [0.05, 0.1) is 22.5 Å². The van der Waals surface area contributed by atoms with Gasteiger partial charge >= 0.3 is 5.97 Å². The predicted molar refractivity (Wildman–Crippen MR) is 98.7 cm³/mol. The SMILES string of the molecule is O=C(CCC(=O)Nc1ccccc1Cl)NNC(=O)C1CCCC[C@@H]1C(=O)O. The molecule has 9 heteroatoms. The normalized spacial score (nSPS) is 19.0. The number of anilines is 1. The lowest BCUT2D eigenvalue weighted by molar-refractivity contribution is -0.149. The van der Waals surface area contributed by atoms with Gasteiger partial charge in [-0.25, -0.2) is 0 Å². The molecule has 2 atom stereocenters. The van der Waals surface area contributed by atoms with Gasteiger partial charge in [0.1, 0.15) is 0 Å². The molecule has 1 aliphatic rings. The minimum Gasteiger partial charge on any atom is -0.481 e. The van der Waals surface area contributed by atoms with Crippen molar-refractivity contribution in [3.8, 4) is 0 Å². The van der Waals surface area contributed by atoms with Gasteiger partial charge in [0.15, 0.2) is 0 Å². The van der Waals surface area contributed by atoms with Crippen LogP contribution in [0.15, 0.2) is 24.3 Å². The average molecular weight is 396 g/mol. The fraction of sp³-hybridized carbons (Fsp3) is 0.444. The third-order valence-corrected chi connectivity index (χ3v) is 4.80. The molecule has 0 saturated heterocycles. The smallest absolute Gasteiger partial charge is 0.307 e. The summed E-state index contributed by atoms with van der Waals surface area (Å²) in [6.07, 6.45) is 2.24. The first-order valence-corrected chi connectivity index (χ1v) is 9.12. The number of halogens is 1. The van der Waals surface area contributed by atoms with Crippen LogP contribution in [-0.4, -0.2) is 28.8 Å². The van der Waals surface area contributed by atoms with Crippen molar-refractivity contribution in [3.05, 3.63) is 29.3 Å². The number of para-hydroxylation sites is 1. The van der Waals surface area contributed by atoms with Crippen LogP contribution in [0.3, 0.4) is 0 Å². The summed E-state index contributed by atoms with van der Waals surface area (Å²) in [5.74, 6) is -3.85. The Bertz CT molecular complexity index is 725. The summed E-state index contributed by atoms with van der Waals surface area (Å²) in [7, 11) is 0. The summed E-state index contributed by atoms with van der Waals surface area (Å²) in [5.41, 5.74) is 4.95. The minimum absolute atomic E-state index is 0.0892. The van der Waals surface area contributed by atoms with Gasteiger partial charge < -0.3 is 10.4 Å². The second-order valence-corrected chi connectivity index (χ2v) is 6.81. The van der Waals surface area contributed by atoms with Crippen molar-refractivity contribution in [1.82, 2.24) is 10.9 Å². The van der Waals surface area contributed by atoms with Gasteiger partial charge in [-0.3, -0.25) is 30.0 Å². The molecule has 27 heavy (non-hydrogen) atoms. The Hall–Kier alpha value is -2.61. The van der Waals surface area contributed by atoms with E-state index in [2.05, 4.69) is 16.2 Å². The summed E-state index contributed by atoms with van der Waals surface area (Å²) in [4.78, 5) is 47.1. The molecule has 1 saturated carbocycles. The van der Waals surface area contributed by atoms with Gasteiger partial charge in [0, 0.05) is 12.8 Å². The number of amides is 3. The van der Waals surface area contributed by atoms with E-state index in [1.165, 1.54) is 0 Å². The van der Waals surface area contributed by atoms with Crippen LogP contribution in [-0.2, 0) is 19.2 Å². The zero-order valence-electron chi connectivity index (χ0n) is 14.7. The summed E-state index contributed by atoms with van der Waals surface area (Å²) in [6.45, 7) is 0. The molecule has 0 aliphatic heterocycles. The van der Waals surface area contributed by atoms with Crippen LogP contribution in [0.5, 0.6) is 0 Å². The highest BCUT2D eigenvalue weighted by atomic mass is 35.5. The van der Waals surface area contributed by atoms with E-state index in [0.717, 1.165) is 12.8 Å². The number of carbonyl (C=O) groups excluding carboxylic acids is 3. The monoisotopic (exact) mass is 395 g/mol. The zero-order chi connectivity index (χ0) is 19.8. The quantitative estimate of drug-likeness (QED) is 0.549. The number of carbonyl (C=O) groups is 4. The topological polar surface area (TPSA) is 125 Å². The van der Waals surface area contributed by atoms with Gasteiger partial charge in [-0.05, 0) is 25.0 Å². The minimum atomic E-state index is -1.00. The van der Waals surface area contributed by atoms with Crippen molar-refractivity contribution < 1.29 is 24.3 Å². The van der Waals surface area contributed by atoms with E-state index in [1.807, 2.05) is 0 Å². The molecule has 0 spiro atoms. The van der Waals surface area contributed by atoms with E-state index in [4.69, 9.17) is 11.6 Å². The molecular formula is C18H22ClN3O5. The Morgan fingerprint density at radius 3 is 2.26 bits per heavy atom. The molecule has 0 aromatic heterocycles. The lowest BCUT2D eigenvalue weighted by atomic mass is 9.79. The second kappa shape index (κ2) is 9.91. The van der Waals surface area contributed by atoms with Crippen LogP contribution in [0.25, 0.3) is 0 Å². The Balaban J connectivity index is 1.74. The van der Waals surface area contributed by atoms with E-state index in [0.29, 0.717) is 23.6 Å². The van der Waals surface area contributed by atoms with Crippen LogP contribution in [0.1, 0.15) is 38.5 Å². The number of hydrogen-bond donors (Lipinski definition) is 4. The summed E-state index contributed by atoms with van der Waals surface area (Å²) in [6, 6.07) is 6.73. The Morgan fingerprint density at radius 1 is 0.963 bits per heavy atom. The third kappa shape index (κ3) is 6.25. The van der Waals surface area contributed by atoms with Gasteiger partial charge in [-0.2, -0.15) is 0 Å². The van der Waals surface area contributed by atoms with Gasteiger partial charge in [-0.1, -0.05) is 36.6 Å². The number of benzene rings is 1. The number of carboxylic acid groups (broad SMARTS) is 1. The van der Waals surface area contributed by atoms with Crippen molar-refractivity contribution >= 4 is 41.0 Å². The molecule has 2 rings (SSSR count). The molecular weight excluding hydrogens is 374 g/mol. The molecule has 0 radical (unpaired) electrons. The first kappa shape index (κ1) is 20.7. The van der Waals surface area contributed by atoms with Gasteiger partial charge in [-0.15, -0.1) is 0 Å². The van der Waals surface area contributed by atoms with Crippen molar-refractivity contribution in [2.45, 2.75) is 38.5 Å². The Morgan fingerprint density at radius 2 is 1.59 bits per heavy atom. The fourth-order valence-corrected chi connectivity index (χ4v) is 3.21. The van der Waals surface area contributed by atoms with E-state index in [-0.39, 0.29) is 18.7 Å². The Labute approximate surface area is 161 Å². The third-order valence-electron chi connectivity index (χ3n) is 4.47. The lowest BCUT2D eigenvalue weighted by Crippen LogP contribution is -2.48. The molecule has 1 aromatic carbocycles. The van der Waals surface area contributed by atoms with Crippen LogP contribution >= 0.6 is 11.6 Å². The predicted octanol–water partition coefficient (Wildman–Crippen LogP) is 2.10. The van der Waals surface area contributed by atoms with Crippen molar-refractivity contribution in [2.75, 3.05) is 5.32 Å². The number of hydrogen-bond acceptors (Lipinski definition) is 4. The van der Waals surface area contributed by atoms with E-state index >= 15 is 0 Å². The molecule has 1 fully saturated rings. The fourth-order valence-electron chi connectivity index (χ4n) is 3.03. The first-order chi connectivity index (χ1) is 12.9. The maximum absolute atomic E-state index is 12.2. The van der Waals surface area contributed by atoms with Gasteiger partial charge in [0.25, 0.3) is 0 Å². The van der Waals surface area contributed by atoms with Crippen LogP contribution in [0.4, 0.5) is 5.69 Å². The van der Waals surface area contributed by atoms with Crippen LogP contribution in [0, 0.1) is 11.8 Å². The van der Waals surface area contributed by atoms with E-state index < -0.39 is 29.6 Å². The highest BCUT2D eigenvalue weighted by Crippen LogP contribution is 2.30. The number of carboxylic acids is 1. The van der Waals surface area contributed by atoms with Crippen molar-refractivity contribution in [3.63, 3.8) is 0 Å². The number of hydrazine groups is 1. The molecule has 0 heterocycles. The standard InChI is InChI=1S/C18H22ClN3O5/c19-13-7-3-4-8-14(13)20-15(23)9-10-16(24)21-22-17(25)11-5-1-2-6-12(11)18(26)27/h3-4,7-8,11-12H,1-2,5-6,9-10H2,(H,20,23)(H,21,24)(H,22,25)(H,26,27)/t11?,12-/m0/s1. The first-order valence-electron chi connectivity index (χ1n) is 8.74. The molecule has 1 aliphatic carbocycles. The van der Waals surface area contributed by atoms with Crippen LogP contribution in [0.2, 0.25) is 5.02 Å². The zero-order valence-corrected chi connectivity index (χ0v) is 15.4.